The van der Waals surface area contributed by atoms with Crippen molar-refractivity contribution in [3.8, 4) is 0 Å². The molecule has 0 saturated carbocycles. The third-order valence-electron chi connectivity index (χ3n) is 3.64. The minimum absolute atomic E-state index is 0.0182. The van der Waals surface area contributed by atoms with E-state index in [1.165, 1.54) is 12.1 Å². The quantitative estimate of drug-likeness (QED) is 0.653. The molecule has 2 aromatic carbocycles. The van der Waals surface area contributed by atoms with Crippen LogP contribution in [-0.4, -0.2) is 32.9 Å². The van der Waals surface area contributed by atoms with Gasteiger partial charge in [0.05, 0.1) is 30.3 Å². The molecular formula is C17H18FN3O2. The predicted octanol–water partition coefficient (Wildman–Crippen LogP) is 2.31. The molecule has 1 aromatic heterocycles. The van der Waals surface area contributed by atoms with E-state index in [0.29, 0.717) is 18.1 Å². The SMILES string of the molecule is OCCNc1nc2ccccc2n1CC(O)c1cccc(F)c1. The Bertz CT molecular complexity index is 803. The van der Waals surface area contributed by atoms with Gasteiger partial charge in [-0.15, -0.1) is 0 Å². The van der Waals surface area contributed by atoms with Crippen LogP contribution in [0.15, 0.2) is 48.5 Å². The molecule has 0 aliphatic carbocycles. The van der Waals surface area contributed by atoms with E-state index in [1.807, 2.05) is 28.8 Å². The highest BCUT2D eigenvalue weighted by molar-refractivity contribution is 5.78. The number of fused-ring (bicyclic) bond motifs is 1. The summed E-state index contributed by atoms with van der Waals surface area (Å²) in [5, 5.41) is 22.5. The Morgan fingerprint density at radius 1 is 1.17 bits per heavy atom. The van der Waals surface area contributed by atoms with Crippen LogP contribution in [0, 0.1) is 5.82 Å². The Morgan fingerprint density at radius 2 is 2.00 bits per heavy atom. The fraction of sp³-hybridized carbons (Fsp3) is 0.235. The molecule has 120 valence electrons. The van der Waals surface area contributed by atoms with Gasteiger partial charge < -0.3 is 20.1 Å². The Hall–Kier alpha value is -2.44. The molecule has 1 atom stereocenters. The molecule has 0 bridgehead atoms. The van der Waals surface area contributed by atoms with Gasteiger partial charge in [-0.1, -0.05) is 24.3 Å². The number of hydrogen-bond donors (Lipinski definition) is 3. The number of imidazole rings is 1. The maximum Gasteiger partial charge on any atom is 0.204 e. The summed E-state index contributed by atoms with van der Waals surface area (Å²) in [5.74, 6) is 0.186. The second-order valence-corrected chi connectivity index (χ2v) is 5.26. The first-order valence-electron chi connectivity index (χ1n) is 7.42. The highest BCUT2D eigenvalue weighted by atomic mass is 19.1. The van der Waals surface area contributed by atoms with Crippen molar-refractivity contribution in [2.24, 2.45) is 0 Å². The number of aliphatic hydroxyl groups is 2. The molecule has 0 spiro atoms. The molecule has 23 heavy (non-hydrogen) atoms. The molecule has 3 rings (SSSR count). The van der Waals surface area contributed by atoms with Gasteiger partial charge in [-0.05, 0) is 29.8 Å². The van der Waals surface area contributed by atoms with Gasteiger partial charge in [-0.2, -0.15) is 0 Å². The van der Waals surface area contributed by atoms with E-state index in [0.717, 1.165) is 11.0 Å². The lowest BCUT2D eigenvalue weighted by molar-refractivity contribution is 0.158. The fourth-order valence-corrected chi connectivity index (χ4v) is 2.56. The van der Waals surface area contributed by atoms with Crippen molar-refractivity contribution >= 4 is 17.0 Å². The van der Waals surface area contributed by atoms with Crippen LogP contribution in [0.5, 0.6) is 0 Å². The molecule has 3 aromatic rings. The van der Waals surface area contributed by atoms with E-state index < -0.39 is 6.10 Å². The average molecular weight is 315 g/mol. The van der Waals surface area contributed by atoms with Gasteiger partial charge in [0.1, 0.15) is 5.82 Å². The third-order valence-corrected chi connectivity index (χ3v) is 3.64. The lowest BCUT2D eigenvalue weighted by atomic mass is 10.1. The maximum atomic E-state index is 13.3. The fourth-order valence-electron chi connectivity index (χ4n) is 2.56. The number of aliphatic hydroxyl groups excluding tert-OH is 2. The van der Waals surface area contributed by atoms with Crippen LogP contribution in [0.25, 0.3) is 11.0 Å². The smallest absolute Gasteiger partial charge is 0.204 e. The number of rotatable bonds is 6. The molecule has 6 heteroatoms. The van der Waals surface area contributed by atoms with E-state index in [-0.39, 0.29) is 19.0 Å². The summed E-state index contributed by atoms with van der Waals surface area (Å²) in [4.78, 5) is 4.47. The number of halogens is 1. The highest BCUT2D eigenvalue weighted by Gasteiger charge is 2.15. The lowest BCUT2D eigenvalue weighted by Gasteiger charge is -2.15. The number of aromatic nitrogens is 2. The molecule has 0 fully saturated rings. The Morgan fingerprint density at radius 3 is 2.78 bits per heavy atom. The lowest BCUT2D eigenvalue weighted by Crippen LogP contribution is -2.15. The van der Waals surface area contributed by atoms with Crippen LogP contribution in [0.2, 0.25) is 0 Å². The Kier molecular flexibility index (Phi) is 4.55. The molecule has 0 aliphatic heterocycles. The van der Waals surface area contributed by atoms with Gasteiger partial charge in [-0.3, -0.25) is 0 Å². The van der Waals surface area contributed by atoms with Gasteiger partial charge in [-0.25, -0.2) is 9.37 Å². The number of nitrogens with one attached hydrogen (secondary N) is 1. The van der Waals surface area contributed by atoms with Crippen LogP contribution in [0.3, 0.4) is 0 Å². The van der Waals surface area contributed by atoms with E-state index in [4.69, 9.17) is 5.11 Å². The molecule has 0 radical (unpaired) electrons. The third kappa shape index (κ3) is 3.33. The van der Waals surface area contributed by atoms with Crippen molar-refractivity contribution in [1.29, 1.82) is 0 Å². The molecular weight excluding hydrogens is 297 g/mol. The number of hydrogen-bond acceptors (Lipinski definition) is 4. The summed E-state index contributed by atoms with van der Waals surface area (Å²) in [6, 6.07) is 13.5. The zero-order valence-corrected chi connectivity index (χ0v) is 12.5. The van der Waals surface area contributed by atoms with Crippen LogP contribution in [-0.2, 0) is 6.54 Å². The van der Waals surface area contributed by atoms with E-state index in [9.17, 15) is 9.50 Å². The minimum atomic E-state index is -0.863. The van der Waals surface area contributed by atoms with Gasteiger partial charge in [0.2, 0.25) is 5.95 Å². The van der Waals surface area contributed by atoms with Gasteiger partial charge >= 0.3 is 0 Å². The van der Waals surface area contributed by atoms with Gasteiger partial charge in [0.25, 0.3) is 0 Å². The number of nitrogens with zero attached hydrogens (tertiary/aromatic N) is 2. The van der Waals surface area contributed by atoms with E-state index >= 15 is 0 Å². The summed E-state index contributed by atoms with van der Waals surface area (Å²) in [7, 11) is 0. The van der Waals surface area contributed by atoms with E-state index in [1.54, 1.807) is 12.1 Å². The molecule has 0 aliphatic rings. The Labute approximate surface area is 133 Å². The maximum absolute atomic E-state index is 13.3. The monoisotopic (exact) mass is 315 g/mol. The zero-order valence-electron chi connectivity index (χ0n) is 12.5. The second-order valence-electron chi connectivity index (χ2n) is 5.26. The van der Waals surface area contributed by atoms with Crippen molar-refractivity contribution in [2.45, 2.75) is 12.6 Å². The topological polar surface area (TPSA) is 70.3 Å². The normalized spacial score (nSPS) is 12.5. The first-order valence-corrected chi connectivity index (χ1v) is 7.42. The van der Waals surface area contributed by atoms with Crippen LogP contribution < -0.4 is 5.32 Å². The largest absolute Gasteiger partial charge is 0.395 e. The van der Waals surface area contributed by atoms with Crippen molar-refractivity contribution in [3.63, 3.8) is 0 Å². The van der Waals surface area contributed by atoms with Gasteiger partial charge in [0.15, 0.2) is 0 Å². The molecule has 0 saturated heterocycles. The molecule has 1 heterocycles. The van der Waals surface area contributed by atoms with Gasteiger partial charge in [0, 0.05) is 6.54 Å². The standard InChI is InChI=1S/C17H18FN3O2/c18-13-5-3-4-12(10-13)16(23)11-21-15-7-2-1-6-14(15)20-17(21)19-8-9-22/h1-7,10,16,22-23H,8-9,11H2,(H,19,20). The highest BCUT2D eigenvalue weighted by Crippen LogP contribution is 2.24. The Balaban J connectivity index is 1.94. The van der Waals surface area contributed by atoms with Crippen molar-refractivity contribution in [3.05, 3.63) is 59.9 Å². The average Bonchev–Trinajstić information content (AvgIpc) is 2.90. The second kappa shape index (κ2) is 6.76. The first-order chi connectivity index (χ1) is 11.2. The predicted molar refractivity (Wildman–Crippen MR) is 86.7 cm³/mol. The number of para-hydroxylation sites is 2. The molecule has 0 amide bonds. The molecule has 1 unspecified atom stereocenters. The molecule has 3 N–H and O–H groups in total. The zero-order chi connectivity index (χ0) is 16.2. The summed E-state index contributed by atoms with van der Waals surface area (Å²) in [6.07, 6.45) is -0.863. The van der Waals surface area contributed by atoms with Crippen molar-refractivity contribution in [1.82, 2.24) is 9.55 Å². The summed E-state index contributed by atoms with van der Waals surface area (Å²) < 4.78 is 15.2. The van der Waals surface area contributed by atoms with Crippen molar-refractivity contribution in [2.75, 3.05) is 18.5 Å². The first kappa shape index (κ1) is 15.5. The number of benzene rings is 2. The van der Waals surface area contributed by atoms with Crippen LogP contribution in [0.4, 0.5) is 10.3 Å². The summed E-state index contributed by atoms with van der Waals surface area (Å²) in [6.45, 7) is 0.576. The van der Waals surface area contributed by atoms with Crippen molar-refractivity contribution < 1.29 is 14.6 Å². The molecule has 5 nitrogen and oxygen atoms in total. The van der Waals surface area contributed by atoms with Crippen LogP contribution in [0.1, 0.15) is 11.7 Å². The van der Waals surface area contributed by atoms with Crippen LogP contribution >= 0.6 is 0 Å². The minimum Gasteiger partial charge on any atom is -0.395 e. The number of anilines is 1. The van der Waals surface area contributed by atoms with E-state index in [2.05, 4.69) is 10.3 Å². The summed E-state index contributed by atoms with van der Waals surface area (Å²) >= 11 is 0. The summed E-state index contributed by atoms with van der Waals surface area (Å²) in [5.41, 5.74) is 2.17.